The Balaban J connectivity index is 2.07. The van der Waals surface area contributed by atoms with Gasteiger partial charge < -0.3 is 4.74 Å². The van der Waals surface area contributed by atoms with E-state index in [4.69, 9.17) is 4.74 Å². The Morgan fingerprint density at radius 3 is 2.63 bits per heavy atom. The number of nitriles is 1. The summed E-state index contributed by atoms with van der Waals surface area (Å²) >= 11 is 0. The van der Waals surface area contributed by atoms with E-state index in [0.29, 0.717) is 27.6 Å². The second-order valence-electron chi connectivity index (χ2n) is 5.70. The van der Waals surface area contributed by atoms with Gasteiger partial charge in [-0.25, -0.2) is 4.79 Å². The van der Waals surface area contributed by atoms with E-state index < -0.39 is 5.97 Å². The molecule has 0 aliphatic rings. The summed E-state index contributed by atoms with van der Waals surface area (Å²) in [5.41, 5.74) is 1.92. The molecule has 1 heterocycles. The number of ether oxygens (including phenoxy) is 1. The van der Waals surface area contributed by atoms with Gasteiger partial charge in [0.2, 0.25) is 0 Å². The fourth-order valence-corrected chi connectivity index (χ4v) is 2.83. The molecule has 27 heavy (non-hydrogen) atoms. The number of aromatic nitrogens is 1. The predicted molar refractivity (Wildman–Crippen MR) is 102 cm³/mol. The van der Waals surface area contributed by atoms with Crippen LogP contribution in [0.2, 0.25) is 0 Å². The molecule has 1 aromatic heterocycles. The maximum Gasteiger partial charge on any atom is 0.330 e. The van der Waals surface area contributed by atoms with Gasteiger partial charge >= 0.3 is 5.97 Å². The van der Waals surface area contributed by atoms with Crippen LogP contribution in [-0.4, -0.2) is 23.3 Å². The van der Waals surface area contributed by atoms with Gasteiger partial charge in [-0.15, -0.1) is 0 Å². The van der Waals surface area contributed by atoms with Gasteiger partial charge in [0.25, 0.3) is 0 Å². The van der Waals surface area contributed by atoms with Crippen molar-refractivity contribution in [1.82, 2.24) is 4.98 Å². The van der Waals surface area contributed by atoms with Crippen LogP contribution in [0.5, 0.6) is 0 Å². The van der Waals surface area contributed by atoms with Crippen molar-refractivity contribution in [2.45, 2.75) is 6.92 Å². The molecule has 0 amide bonds. The first-order valence-corrected chi connectivity index (χ1v) is 8.41. The van der Waals surface area contributed by atoms with Gasteiger partial charge in [-0.3, -0.25) is 9.78 Å². The Morgan fingerprint density at radius 2 is 1.89 bits per heavy atom. The minimum Gasteiger partial charge on any atom is -0.463 e. The first-order chi connectivity index (χ1) is 13.2. The van der Waals surface area contributed by atoms with Crippen LogP contribution >= 0.6 is 0 Å². The lowest BCUT2D eigenvalue weighted by molar-refractivity contribution is -0.137. The number of hydrogen-bond acceptors (Lipinski definition) is 5. The van der Waals surface area contributed by atoms with Crippen LogP contribution in [0.1, 0.15) is 34.0 Å². The Morgan fingerprint density at radius 1 is 1.11 bits per heavy atom. The number of esters is 1. The molecule has 3 aromatic rings. The predicted octanol–water partition coefficient (Wildman–Crippen LogP) is 3.91. The second-order valence-corrected chi connectivity index (χ2v) is 5.70. The normalized spacial score (nSPS) is 10.7. The number of carbonyl (C=O) groups is 2. The third-order valence-electron chi connectivity index (χ3n) is 4.07. The zero-order valence-corrected chi connectivity index (χ0v) is 14.7. The van der Waals surface area contributed by atoms with Crippen molar-refractivity contribution in [2.75, 3.05) is 6.61 Å². The van der Waals surface area contributed by atoms with E-state index >= 15 is 0 Å². The summed E-state index contributed by atoms with van der Waals surface area (Å²) in [6.45, 7) is 2.01. The highest BCUT2D eigenvalue weighted by atomic mass is 16.5. The molecular formula is C22H16N2O3. The van der Waals surface area contributed by atoms with Gasteiger partial charge in [0.05, 0.1) is 18.2 Å². The molecule has 0 atom stereocenters. The van der Waals surface area contributed by atoms with Crippen LogP contribution in [0, 0.1) is 11.3 Å². The fourth-order valence-electron chi connectivity index (χ4n) is 2.83. The molecule has 0 saturated heterocycles. The molecule has 0 N–H and O–H groups in total. The molecule has 0 radical (unpaired) electrons. The monoisotopic (exact) mass is 356 g/mol. The Bertz CT molecular complexity index is 1090. The van der Waals surface area contributed by atoms with E-state index in [1.807, 2.05) is 24.3 Å². The number of ketones is 1. The second kappa shape index (κ2) is 8.07. The largest absolute Gasteiger partial charge is 0.463 e. The first kappa shape index (κ1) is 18.0. The van der Waals surface area contributed by atoms with E-state index in [0.717, 1.165) is 5.39 Å². The van der Waals surface area contributed by atoms with Crippen LogP contribution in [0.4, 0.5) is 0 Å². The van der Waals surface area contributed by atoms with Crippen molar-refractivity contribution in [3.05, 3.63) is 83.2 Å². The molecule has 0 aliphatic carbocycles. The van der Waals surface area contributed by atoms with Crippen molar-refractivity contribution in [2.24, 2.45) is 0 Å². The lowest BCUT2D eigenvalue weighted by Crippen LogP contribution is -2.06. The van der Waals surface area contributed by atoms with Crippen molar-refractivity contribution in [3.8, 4) is 6.07 Å². The minimum atomic E-state index is -0.475. The standard InChI is InChI=1S/C22H16N2O3/c1-2-27-21(25)10-8-15-11-12-24-14-20(15)22(26)19-9-7-16(13-23)17-5-3-4-6-18(17)19/h3-12,14H,2H2,1H3/b10-8+. The number of rotatable bonds is 5. The fraction of sp³-hybridized carbons (Fsp3) is 0.0909. The van der Waals surface area contributed by atoms with E-state index in [1.54, 1.807) is 37.4 Å². The summed E-state index contributed by atoms with van der Waals surface area (Å²) in [6.07, 6.45) is 5.85. The molecule has 5 nitrogen and oxygen atoms in total. The maximum absolute atomic E-state index is 13.2. The lowest BCUT2D eigenvalue weighted by atomic mass is 9.93. The summed E-state index contributed by atoms with van der Waals surface area (Å²) in [7, 11) is 0. The number of benzene rings is 2. The van der Waals surface area contributed by atoms with Crippen molar-refractivity contribution in [1.29, 1.82) is 5.26 Å². The number of pyridine rings is 1. The Labute approximate surface area is 156 Å². The van der Waals surface area contributed by atoms with Gasteiger partial charge in [0.1, 0.15) is 0 Å². The van der Waals surface area contributed by atoms with Crippen LogP contribution in [0.15, 0.2) is 60.9 Å². The Hall–Kier alpha value is -3.78. The zero-order valence-electron chi connectivity index (χ0n) is 14.7. The molecule has 0 spiro atoms. The lowest BCUT2D eigenvalue weighted by Gasteiger charge is -2.09. The highest BCUT2D eigenvalue weighted by Gasteiger charge is 2.17. The molecule has 2 aromatic carbocycles. The van der Waals surface area contributed by atoms with Gasteiger partial charge in [-0.2, -0.15) is 5.26 Å². The van der Waals surface area contributed by atoms with E-state index in [1.165, 1.54) is 12.3 Å². The smallest absolute Gasteiger partial charge is 0.330 e. The number of nitrogens with zero attached hydrogens (tertiary/aromatic N) is 2. The van der Waals surface area contributed by atoms with Crippen molar-refractivity contribution >= 4 is 28.6 Å². The molecule has 0 fully saturated rings. The summed E-state index contributed by atoms with van der Waals surface area (Å²) in [5.74, 6) is -0.705. The van der Waals surface area contributed by atoms with Crippen LogP contribution in [-0.2, 0) is 9.53 Å². The Kier molecular flexibility index (Phi) is 5.38. The molecule has 132 valence electrons. The quantitative estimate of drug-likeness (QED) is 0.393. The summed E-state index contributed by atoms with van der Waals surface area (Å²) < 4.78 is 4.87. The SMILES string of the molecule is CCOC(=O)/C=C/c1ccncc1C(=O)c1ccc(C#N)c2ccccc12. The molecule has 0 aliphatic heterocycles. The van der Waals surface area contributed by atoms with Gasteiger partial charge in [0, 0.05) is 35.0 Å². The molecular weight excluding hydrogens is 340 g/mol. The highest BCUT2D eigenvalue weighted by molar-refractivity contribution is 6.18. The van der Waals surface area contributed by atoms with E-state index in [-0.39, 0.29) is 12.4 Å². The molecule has 0 unspecified atom stereocenters. The van der Waals surface area contributed by atoms with Gasteiger partial charge in [-0.1, -0.05) is 24.3 Å². The summed E-state index contributed by atoms with van der Waals surface area (Å²) in [4.78, 5) is 28.8. The highest BCUT2D eigenvalue weighted by Crippen LogP contribution is 2.25. The van der Waals surface area contributed by atoms with Crippen molar-refractivity contribution in [3.63, 3.8) is 0 Å². The molecule has 3 rings (SSSR count). The number of fused-ring (bicyclic) bond motifs is 1. The molecule has 5 heteroatoms. The minimum absolute atomic E-state index is 0.229. The molecule has 0 saturated carbocycles. The third kappa shape index (κ3) is 3.75. The summed E-state index contributed by atoms with van der Waals surface area (Å²) in [5, 5.41) is 10.7. The zero-order chi connectivity index (χ0) is 19.2. The molecule has 0 bridgehead atoms. The van der Waals surface area contributed by atoms with Crippen LogP contribution in [0.3, 0.4) is 0 Å². The van der Waals surface area contributed by atoms with Crippen molar-refractivity contribution < 1.29 is 14.3 Å². The average molecular weight is 356 g/mol. The topological polar surface area (TPSA) is 80.0 Å². The number of carbonyl (C=O) groups excluding carboxylic acids is 2. The van der Waals surface area contributed by atoms with E-state index in [9.17, 15) is 14.9 Å². The van der Waals surface area contributed by atoms with Gasteiger partial charge in [0.15, 0.2) is 5.78 Å². The van der Waals surface area contributed by atoms with E-state index in [2.05, 4.69) is 11.1 Å². The average Bonchev–Trinajstić information content (AvgIpc) is 2.71. The van der Waals surface area contributed by atoms with Crippen LogP contribution in [0.25, 0.3) is 16.8 Å². The summed E-state index contributed by atoms with van der Waals surface area (Å²) in [6, 6.07) is 14.4. The third-order valence-corrected chi connectivity index (χ3v) is 4.07. The van der Waals surface area contributed by atoms with Gasteiger partial charge in [-0.05, 0) is 42.1 Å². The van der Waals surface area contributed by atoms with Crippen LogP contribution < -0.4 is 0 Å². The number of hydrogen-bond donors (Lipinski definition) is 0. The maximum atomic E-state index is 13.2. The first-order valence-electron chi connectivity index (χ1n) is 8.41.